The Labute approximate surface area is 214 Å². The highest BCUT2D eigenvalue weighted by Gasteiger charge is 2.17. The molecule has 0 bridgehead atoms. The van der Waals surface area contributed by atoms with Crippen molar-refractivity contribution in [1.29, 1.82) is 0 Å². The highest BCUT2D eigenvalue weighted by molar-refractivity contribution is 7.99. The number of carbonyl (C=O) groups excluding carboxylic acids is 1. The smallest absolute Gasteiger partial charge is 0.250 e. The third kappa shape index (κ3) is 5.81. The third-order valence-electron chi connectivity index (χ3n) is 5.68. The molecule has 1 N–H and O–H groups in total. The molecule has 8 nitrogen and oxygen atoms in total. The van der Waals surface area contributed by atoms with E-state index < -0.39 is 0 Å². The van der Waals surface area contributed by atoms with E-state index in [1.54, 1.807) is 6.21 Å². The second-order valence-electron chi connectivity index (χ2n) is 8.12. The number of nitrogens with zero attached hydrogens (tertiary/aromatic N) is 5. The fraction of sp³-hybridized carbons (Fsp3) is 0.185. The second-order valence-corrected chi connectivity index (χ2v) is 9.06. The van der Waals surface area contributed by atoms with Gasteiger partial charge in [0.2, 0.25) is 0 Å². The molecule has 36 heavy (non-hydrogen) atoms. The van der Waals surface area contributed by atoms with Gasteiger partial charge in [-0.15, -0.1) is 10.2 Å². The Balaban J connectivity index is 1.21. The summed E-state index contributed by atoms with van der Waals surface area (Å²) in [6.07, 6.45) is 1.64. The van der Waals surface area contributed by atoms with Gasteiger partial charge in [0.15, 0.2) is 11.0 Å². The summed E-state index contributed by atoms with van der Waals surface area (Å²) >= 11 is 1.32. The van der Waals surface area contributed by atoms with Crippen LogP contribution in [0.4, 0.5) is 5.69 Å². The fourth-order valence-electron chi connectivity index (χ4n) is 3.88. The van der Waals surface area contributed by atoms with Crippen molar-refractivity contribution in [3.8, 4) is 17.1 Å². The largest absolute Gasteiger partial charge is 0.378 e. The first-order valence-corrected chi connectivity index (χ1v) is 12.7. The molecule has 2 heterocycles. The van der Waals surface area contributed by atoms with Crippen LogP contribution in [0.1, 0.15) is 5.56 Å². The van der Waals surface area contributed by atoms with Crippen LogP contribution in [0.3, 0.4) is 0 Å². The van der Waals surface area contributed by atoms with Crippen molar-refractivity contribution in [3.05, 3.63) is 90.5 Å². The van der Waals surface area contributed by atoms with Crippen LogP contribution in [-0.4, -0.2) is 58.9 Å². The van der Waals surface area contributed by atoms with E-state index in [2.05, 4.69) is 37.8 Å². The zero-order valence-corrected chi connectivity index (χ0v) is 20.5. The molecule has 0 spiro atoms. The summed E-state index contributed by atoms with van der Waals surface area (Å²) in [5.74, 6) is 0.667. The Morgan fingerprint density at radius 3 is 2.33 bits per heavy atom. The highest BCUT2D eigenvalue weighted by Crippen LogP contribution is 2.27. The predicted molar refractivity (Wildman–Crippen MR) is 143 cm³/mol. The summed E-state index contributed by atoms with van der Waals surface area (Å²) in [7, 11) is 0. The summed E-state index contributed by atoms with van der Waals surface area (Å²) < 4.78 is 7.37. The quantitative estimate of drug-likeness (QED) is 0.224. The van der Waals surface area contributed by atoms with Crippen LogP contribution < -0.4 is 10.3 Å². The van der Waals surface area contributed by atoms with Gasteiger partial charge in [-0.05, 0) is 29.8 Å². The molecule has 0 atom stereocenters. The highest BCUT2D eigenvalue weighted by atomic mass is 32.2. The fourth-order valence-corrected chi connectivity index (χ4v) is 4.63. The minimum atomic E-state index is -0.218. The van der Waals surface area contributed by atoms with Gasteiger partial charge in [-0.3, -0.25) is 9.36 Å². The van der Waals surface area contributed by atoms with Crippen molar-refractivity contribution in [2.75, 3.05) is 37.0 Å². The first kappa shape index (κ1) is 23.8. The first-order valence-electron chi connectivity index (χ1n) is 11.7. The lowest BCUT2D eigenvalue weighted by Gasteiger charge is -2.28. The lowest BCUT2D eigenvalue weighted by Crippen LogP contribution is -2.36. The van der Waals surface area contributed by atoms with Gasteiger partial charge in [0, 0.05) is 30.0 Å². The van der Waals surface area contributed by atoms with Crippen LogP contribution in [0.5, 0.6) is 0 Å². The molecule has 4 aromatic rings. The third-order valence-corrected chi connectivity index (χ3v) is 6.61. The normalized spacial score (nSPS) is 13.7. The molecule has 0 unspecified atom stereocenters. The van der Waals surface area contributed by atoms with E-state index in [0.29, 0.717) is 5.16 Å². The number of hydrazone groups is 1. The molecular formula is C27H26N6O2S. The van der Waals surface area contributed by atoms with E-state index in [4.69, 9.17) is 4.74 Å². The number of morpholine rings is 1. The first-order chi connectivity index (χ1) is 17.8. The van der Waals surface area contributed by atoms with Crippen molar-refractivity contribution in [1.82, 2.24) is 20.2 Å². The number of carbonyl (C=O) groups is 1. The lowest BCUT2D eigenvalue weighted by atomic mass is 10.2. The van der Waals surface area contributed by atoms with E-state index >= 15 is 0 Å². The number of hydrogen-bond donors (Lipinski definition) is 1. The number of nitrogens with one attached hydrogen (secondary N) is 1. The molecule has 0 radical (unpaired) electrons. The minimum Gasteiger partial charge on any atom is -0.378 e. The Morgan fingerprint density at radius 1 is 0.917 bits per heavy atom. The Bertz CT molecular complexity index is 1300. The van der Waals surface area contributed by atoms with E-state index in [0.717, 1.165) is 54.6 Å². The van der Waals surface area contributed by atoms with E-state index in [1.165, 1.54) is 11.8 Å². The predicted octanol–water partition coefficient (Wildman–Crippen LogP) is 4.01. The number of para-hydroxylation sites is 1. The Morgan fingerprint density at radius 2 is 1.61 bits per heavy atom. The summed E-state index contributed by atoms with van der Waals surface area (Å²) in [4.78, 5) is 14.8. The standard InChI is InChI=1S/C27H26N6O2S/c34-25(29-28-19-21-11-13-23(14-12-21)32-15-17-35-18-16-32)20-36-27-31-30-26(22-7-3-1-4-8-22)33(27)24-9-5-2-6-10-24/h1-14,19H,15-18,20H2,(H,29,34). The Kier molecular flexibility index (Phi) is 7.70. The molecule has 182 valence electrons. The Hall–Kier alpha value is -3.95. The lowest BCUT2D eigenvalue weighted by molar-refractivity contribution is -0.118. The SMILES string of the molecule is O=C(CSc1nnc(-c2ccccc2)n1-c1ccccc1)NN=Cc1ccc(N2CCOCC2)cc1. The number of rotatable bonds is 8. The van der Waals surface area contributed by atoms with E-state index in [9.17, 15) is 4.79 Å². The molecule has 3 aromatic carbocycles. The number of aromatic nitrogens is 3. The van der Waals surface area contributed by atoms with Crippen LogP contribution in [0.15, 0.2) is 95.2 Å². The minimum absolute atomic E-state index is 0.160. The number of amides is 1. The van der Waals surface area contributed by atoms with Gasteiger partial charge in [-0.25, -0.2) is 5.43 Å². The van der Waals surface area contributed by atoms with Gasteiger partial charge in [-0.2, -0.15) is 5.10 Å². The van der Waals surface area contributed by atoms with Gasteiger partial charge in [0.1, 0.15) is 0 Å². The summed E-state index contributed by atoms with van der Waals surface area (Å²) in [6, 6.07) is 27.9. The van der Waals surface area contributed by atoms with Crippen LogP contribution in [-0.2, 0) is 9.53 Å². The average Bonchev–Trinajstić information content (AvgIpc) is 3.38. The molecule has 1 amide bonds. The molecule has 5 rings (SSSR count). The number of anilines is 1. The van der Waals surface area contributed by atoms with Crippen molar-refractivity contribution in [2.24, 2.45) is 5.10 Å². The van der Waals surface area contributed by atoms with Gasteiger partial charge in [0.25, 0.3) is 5.91 Å². The van der Waals surface area contributed by atoms with E-state index in [-0.39, 0.29) is 11.7 Å². The zero-order chi connectivity index (χ0) is 24.6. The molecular weight excluding hydrogens is 472 g/mol. The van der Waals surface area contributed by atoms with Crippen molar-refractivity contribution >= 4 is 29.6 Å². The monoisotopic (exact) mass is 498 g/mol. The van der Waals surface area contributed by atoms with Crippen molar-refractivity contribution in [3.63, 3.8) is 0 Å². The molecule has 1 saturated heterocycles. The van der Waals surface area contributed by atoms with Crippen LogP contribution in [0.25, 0.3) is 17.1 Å². The number of ether oxygens (including phenoxy) is 1. The molecule has 9 heteroatoms. The number of hydrogen-bond acceptors (Lipinski definition) is 7. The summed E-state index contributed by atoms with van der Waals surface area (Å²) in [5, 5.41) is 13.5. The molecule has 0 saturated carbocycles. The van der Waals surface area contributed by atoms with Crippen LogP contribution in [0, 0.1) is 0 Å². The maximum Gasteiger partial charge on any atom is 0.250 e. The molecule has 0 aliphatic carbocycles. The number of benzene rings is 3. The zero-order valence-electron chi connectivity index (χ0n) is 19.7. The van der Waals surface area contributed by atoms with Gasteiger partial charge in [0.05, 0.1) is 25.2 Å². The van der Waals surface area contributed by atoms with Crippen LogP contribution >= 0.6 is 11.8 Å². The molecule has 1 aliphatic heterocycles. The van der Waals surface area contributed by atoms with Gasteiger partial charge < -0.3 is 9.64 Å². The molecule has 1 aliphatic rings. The average molecular weight is 499 g/mol. The maximum absolute atomic E-state index is 12.5. The van der Waals surface area contributed by atoms with Crippen molar-refractivity contribution in [2.45, 2.75) is 5.16 Å². The number of thioether (sulfide) groups is 1. The molecule has 1 fully saturated rings. The van der Waals surface area contributed by atoms with E-state index in [1.807, 2.05) is 77.4 Å². The maximum atomic E-state index is 12.5. The topological polar surface area (TPSA) is 84.6 Å². The second kappa shape index (κ2) is 11.7. The van der Waals surface area contributed by atoms with Crippen molar-refractivity contribution < 1.29 is 9.53 Å². The van der Waals surface area contributed by atoms with Crippen LogP contribution in [0.2, 0.25) is 0 Å². The van der Waals surface area contributed by atoms with Gasteiger partial charge in [-0.1, -0.05) is 72.4 Å². The summed E-state index contributed by atoms with van der Waals surface area (Å²) in [6.45, 7) is 3.29. The summed E-state index contributed by atoms with van der Waals surface area (Å²) in [5.41, 5.74) is 6.56. The molecule has 1 aromatic heterocycles. The van der Waals surface area contributed by atoms with Gasteiger partial charge >= 0.3 is 0 Å².